The molecule has 0 fully saturated rings. The topological polar surface area (TPSA) is 54.2 Å². The van der Waals surface area contributed by atoms with Gasteiger partial charge in [0.1, 0.15) is 0 Å². The number of hydrogen-bond donors (Lipinski definition) is 2. The van der Waals surface area contributed by atoms with Gasteiger partial charge in [-0.1, -0.05) is 24.3 Å². The maximum atomic E-state index is 4.49. The van der Waals surface area contributed by atoms with Crippen LogP contribution >= 0.6 is 24.0 Å². The molecule has 1 atom stereocenters. The second-order valence-electron chi connectivity index (χ2n) is 6.48. The summed E-state index contributed by atoms with van der Waals surface area (Å²) < 4.78 is 2.07. The van der Waals surface area contributed by atoms with E-state index in [0.29, 0.717) is 5.92 Å². The van der Waals surface area contributed by atoms with E-state index >= 15 is 0 Å². The summed E-state index contributed by atoms with van der Waals surface area (Å²) in [7, 11) is 1.82. The van der Waals surface area contributed by atoms with E-state index < -0.39 is 0 Å². The summed E-state index contributed by atoms with van der Waals surface area (Å²) in [6.07, 6.45) is 2.19. The van der Waals surface area contributed by atoms with E-state index in [4.69, 9.17) is 0 Å². The lowest BCUT2D eigenvalue weighted by Gasteiger charge is -2.30. The number of benzene rings is 1. The van der Waals surface area contributed by atoms with Gasteiger partial charge in [0.15, 0.2) is 5.96 Å². The lowest BCUT2D eigenvalue weighted by Crippen LogP contribution is -2.41. The fourth-order valence-electron chi connectivity index (χ4n) is 3.32. The standard InChI is InChI=1S/C19H27N5.HI/c1-14-11-15(2)24(23-14)10-6-9-21-19(20-3)22-13-17-12-16-7-4-5-8-18(16)17;/h4-5,7-8,11,17H,6,9-10,12-13H2,1-3H3,(H2,20,21,22);1H. The minimum atomic E-state index is 0. The molecule has 2 aromatic rings. The molecule has 0 amide bonds. The number of fused-ring (bicyclic) bond motifs is 1. The highest BCUT2D eigenvalue weighted by molar-refractivity contribution is 14.0. The zero-order chi connectivity index (χ0) is 16.9. The van der Waals surface area contributed by atoms with E-state index in [9.17, 15) is 0 Å². The highest BCUT2D eigenvalue weighted by atomic mass is 127. The zero-order valence-corrected chi connectivity index (χ0v) is 17.6. The van der Waals surface area contributed by atoms with E-state index in [1.54, 1.807) is 0 Å². The summed E-state index contributed by atoms with van der Waals surface area (Å²) in [6.45, 7) is 6.89. The van der Waals surface area contributed by atoms with Crippen LogP contribution in [0.15, 0.2) is 35.3 Å². The third-order valence-electron chi connectivity index (χ3n) is 4.64. The molecule has 5 nitrogen and oxygen atoms in total. The van der Waals surface area contributed by atoms with E-state index in [2.05, 4.69) is 62.7 Å². The minimum Gasteiger partial charge on any atom is -0.356 e. The Morgan fingerprint density at radius 1 is 1.28 bits per heavy atom. The smallest absolute Gasteiger partial charge is 0.190 e. The molecule has 1 heterocycles. The molecule has 1 unspecified atom stereocenters. The predicted octanol–water partition coefficient (Wildman–Crippen LogP) is 3.01. The Bertz CT molecular complexity index is 722. The first kappa shape index (κ1) is 19.8. The van der Waals surface area contributed by atoms with Crippen LogP contribution in [0.3, 0.4) is 0 Å². The first-order chi connectivity index (χ1) is 11.7. The Kier molecular flexibility index (Phi) is 7.28. The van der Waals surface area contributed by atoms with Crippen LogP contribution in [-0.2, 0) is 13.0 Å². The van der Waals surface area contributed by atoms with Crippen LogP contribution in [0.1, 0.15) is 34.9 Å². The number of hydrogen-bond acceptors (Lipinski definition) is 2. The molecule has 0 spiro atoms. The zero-order valence-electron chi connectivity index (χ0n) is 15.2. The molecule has 3 rings (SSSR count). The van der Waals surface area contributed by atoms with Gasteiger partial charge in [-0.3, -0.25) is 9.67 Å². The molecule has 1 aliphatic carbocycles. The van der Waals surface area contributed by atoms with E-state index in [0.717, 1.165) is 44.1 Å². The van der Waals surface area contributed by atoms with Crippen LogP contribution in [0.25, 0.3) is 0 Å². The van der Waals surface area contributed by atoms with Gasteiger partial charge in [-0.2, -0.15) is 5.10 Å². The molecule has 0 radical (unpaired) electrons. The average molecular weight is 453 g/mol. The van der Waals surface area contributed by atoms with Gasteiger partial charge in [-0.25, -0.2) is 0 Å². The molecule has 136 valence electrons. The number of guanidine groups is 1. The Morgan fingerprint density at radius 2 is 2.08 bits per heavy atom. The monoisotopic (exact) mass is 453 g/mol. The maximum Gasteiger partial charge on any atom is 0.190 e. The van der Waals surface area contributed by atoms with Crippen molar-refractivity contribution in [2.45, 2.75) is 39.2 Å². The Hall–Kier alpha value is -1.57. The Balaban J connectivity index is 0.00000225. The van der Waals surface area contributed by atoms with Gasteiger partial charge in [0.25, 0.3) is 0 Å². The van der Waals surface area contributed by atoms with Gasteiger partial charge in [0.2, 0.25) is 0 Å². The van der Waals surface area contributed by atoms with Gasteiger partial charge in [0, 0.05) is 38.3 Å². The fourth-order valence-corrected chi connectivity index (χ4v) is 3.32. The SMILES string of the molecule is CN=C(NCCCn1nc(C)cc1C)NCC1Cc2ccccc21.I. The van der Waals surface area contributed by atoms with Gasteiger partial charge in [-0.15, -0.1) is 24.0 Å². The second kappa shape index (κ2) is 9.22. The van der Waals surface area contributed by atoms with Crippen molar-refractivity contribution >= 4 is 29.9 Å². The predicted molar refractivity (Wildman–Crippen MR) is 114 cm³/mol. The first-order valence-corrected chi connectivity index (χ1v) is 8.70. The summed E-state index contributed by atoms with van der Waals surface area (Å²) >= 11 is 0. The first-order valence-electron chi connectivity index (χ1n) is 8.70. The lowest BCUT2D eigenvalue weighted by atomic mass is 9.78. The summed E-state index contributed by atoms with van der Waals surface area (Å²) in [4.78, 5) is 4.31. The van der Waals surface area contributed by atoms with Crippen molar-refractivity contribution in [3.05, 3.63) is 52.8 Å². The molecular weight excluding hydrogens is 425 g/mol. The number of nitrogens with one attached hydrogen (secondary N) is 2. The Morgan fingerprint density at radius 3 is 2.76 bits per heavy atom. The van der Waals surface area contributed by atoms with Gasteiger partial charge < -0.3 is 10.6 Å². The van der Waals surface area contributed by atoms with Crippen LogP contribution in [0.2, 0.25) is 0 Å². The van der Waals surface area contributed by atoms with Crippen molar-refractivity contribution in [1.82, 2.24) is 20.4 Å². The third-order valence-corrected chi connectivity index (χ3v) is 4.64. The number of aryl methyl sites for hydroxylation is 3. The van der Waals surface area contributed by atoms with Gasteiger partial charge in [-0.05, 0) is 43.9 Å². The number of rotatable bonds is 6. The molecule has 25 heavy (non-hydrogen) atoms. The molecule has 0 bridgehead atoms. The average Bonchev–Trinajstić information content (AvgIpc) is 2.88. The van der Waals surface area contributed by atoms with Crippen LogP contribution in [0.5, 0.6) is 0 Å². The van der Waals surface area contributed by atoms with Gasteiger partial charge in [0.05, 0.1) is 5.69 Å². The highest BCUT2D eigenvalue weighted by Crippen LogP contribution is 2.33. The quantitative estimate of drug-likeness (QED) is 0.306. The molecule has 1 aliphatic rings. The van der Waals surface area contributed by atoms with Crippen LogP contribution in [0.4, 0.5) is 0 Å². The van der Waals surface area contributed by atoms with Crippen molar-refractivity contribution in [3.63, 3.8) is 0 Å². The summed E-state index contributed by atoms with van der Waals surface area (Å²) in [5.41, 5.74) is 5.26. The third kappa shape index (κ3) is 4.96. The largest absolute Gasteiger partial charge is 0.356 e. The van der Waals surface area contributed by atoms with E-state index in [1.165, 1.54) is 16.8 Å². The van der Waals surface area contributed by atoms with Crippen molar-refractivity contribution in [2.75, 3.05) is 20.1 Å². The molecular formula is C19H28IN5. The molecule has 0 aliphatic heterocycles. The van der Waals surface area contributed by atoms with Crippen molar-refractivity contribution in [1.29, 1.82) is 0 Å². The maximum absolute atomic E-state index is 4.49. The molecule has 1 aromatic heterocycles. The highest BCUT2D eigenvalue weighted by Gasteiger charge is 2.25. The van der Waals surface area contributed by atoms with Gasteiger partial charge >= 0.3 is 0 Å². The van der Waals surface area contributed by atoms with Crippen molar-refractivity contribution in [3.8, 4) is 0 Å². The lowest BCUT2D eigenvalue weighted by molar-refractivity contribution is 0.550. The number of aromatic nitrogens is 2. The fraction of sp³-hybridized carbons (Fsp3) is 0.474. The molecule has 1 aromatic carbocycles. The molecule has 6 heteroatoms. The van der Waals surface area contributed by atoms with Crippen LogP contribution in [0, 0.1) is 13.8 Å². The van der Waals surface area contributed by atoms with E-state index in [-0.39, 0.29) is 24.0 Å². The summed E-state index contributed by atoms with van der Waals surface area (Å²) in [5.74, 6) is 1.49. The number of nitrogens with zero attached hydrogens (tertiary/aromatic N) is 3. The Labute approximate surface area is 167 Å². The number of aliphatic imine (C=N–C) groups is 1. The van der Waals surface area contributed by atoms with Crippen LogP contribution < -0.4 is 10.6 Å². The van der Waals surface area contributed by atoms with Crippen molar-refractivity contribution in [2.24, 2.45) is 4.99 Å². The molecule has 0 saturated heterocycles. The van der Waals surface area contributed by atoms with E-state index in [1.807, 2.05) is 14.0 Å². The minimum absolute atomic E-state index is 0. The normalized spacial score (nSPS) is 15.8. The summed E-state index contributed by atoms with van der Waals surface area (Å²) in [6, 6.07) is 10.8. The number of halogens is 1. The van der Waals surface area contributed by atoms with Crippen LogP contribution in [-0.4, -0.2) is 35.9 Å². The molecule has 2 N–H and O–H groups in total. The summed E-state index contributed by atoms with van der Waals surface area (Å²) in [5, 5.41) is 11.3. The van der Waals surface area contributed by atoms with Crippen molar-refractivity contribution < 1.29 is 0 Å². The molecule has 0 saturated carbocycles. The second-order valence-corrected chi connectivity index (χ2v) is 6.48.